The minimum atomic E-state index is -0.863. The van der Waals surface area contributed by atoms with Gasteiger partial charge in [0.05, 0.1) is 13.2 Å². The molecule has 0 N–H and O–H groups in total. The number of ether oxygens (including phenoxy) is 2. The van der Waals surface area contributed by atoms with E-state index in [0.29, 0.717) is 13.0 Å². The second kappa shape index (κ2) is 13.0. The van der Waals surface area contributed by atoms with Crippen LogP contribution in [-0.2, 0) is 9.47 Å². The predicted octanol–water partition coefficient (Wildman–Crippen LogP) is 4.48. The smallest absolute Gasteiger partial charge is 0.447 e. The Morgan fingerprint density at radius 3 is 1.84 bits per heavy atom. The van der Waals surface area contributed by atoms with E-state index < -0.39 is 12.2 Å². The quantitative estimate of drug-likeness (QED) is 0.458. The van der Waals surface area contributed by atoms with Crippen molar-refractivity contribution in [3.63, 3.8) is 0 Å². The summed E-state index contributed by atoms with van der Waals surface area (Å²) < 4.78 is 9.41. The van der Waals surface area contributed by atoms with Crippen molar-refractivity contribution < 1.29 is 19.1 Å². The van der Waals surface area contributed by atoms with Crippen molar-refractivity contribution in [1.29, 1.82) is 0 Å². The molecule has 19 heavy (non-hydrogen) atoms. The van der Waals surface area contributed by atoms with Crippen molar-refractivity contribution in [1.82, 2.24) is 0 Å². The van der Waals surface area contributed by atoms with Crippen LogP contribution in [0.4, 0.5) is 9.59 Å². The monoisotopic (exact) mass is 272 g/mol. The summed E-state index contributed by atoms with van der Waals surface area (Å²) in [5.74, 6) is 0. The van der Waals surface area contributed by atoms with Crippen LogP contribution in [0.15, 0.2) is 10.2 Å². The van der Waals surface area contributed by atoms with E-state index >= 15 is 0 Å². The number of unbranched alkanes of at least 4 members (excludes halogenated alkanes) is 5. The average Bonchev–Trinajstić information content (AvgIpc) is 2.41. The van der Waals surface area contributed by atoms with Crippen LogP contribution in [0.25, 0.3) is 0 Å². The zero-order chi connectivity index (χ0) is 14.3. The highest BCUT2D eigenvalue weighted by Gasteiger charge is 2.03. The van der Waals surface area contributed by atoms with E-state index in [-0.39, 0.29) is 6.61 Å². The number of amides is 2. The summed E-state index contributed by atoms with van der Waals surface area (Å²) in [7, 11) is 0. The van der Waals surface area contributed by atoms with Crippen LogP contribution in [0.2, 0.25) is 0 Å². The van der Waals surface area contributed by atoms with Gasteiger partial charge in [-0.05, 0) is 12.8 Å². The van der Waals surface area contributed by atoms with Gasteiger partial charge in [0, 0.05) is 0 Å². The minimum absolute atomic E-state index is 0.269. The molecule has 0 aromatic heterocycles. The van der Waals surface area contributed by atoms with Crippen molar-refractivity contribution in [2.24, 2.45) is 10.2 Å². The molecule has 0 aliphatic carbocycles. The van der Waals surface area contributed by atoms with E-state index in [0.717, 1.165) is 19.3 Å². The average molecular weight is 272 g/mol. The first-order valence-corrected chi connectivity index (χ1v) is 6.96. The van der Waals surface area contributed by atoms with Gasteiger partial charge in [-0.25, -0.2) is 9.59 Å². The van der Waals surface area contributed by atoms with Crippen molar-refractivity contribution in [3.05, 3.63) is 0 Å². The number of hydrogen-bond donors (Lipinski definition) is 0. The number of nitrogens with zero attached hydrogens (tertiary/aromatic N) is 2. The van der Waals surface area contributed by atoms with Gasteiger partial charge in [-0.3, -0.25) is 0 Å². The van der Waals surface area contributed by atoms with E-state index in [1.54, 1.807) is 0 Å². The third kappa shape index (κ3) is 12.8. The maximum atomic E-state index is 11.1. The van der Waals surface area contributed by atoms with Crippen LogP contribution >= 0.6 is 0 Å². The zero-order valence-electron chi connectivity index (χ0n) is 11.9. The third-order valence-electron chi connectivity index (χ3n) is 2.37. The SMILES string of the molecule is CCCCCCCCOC(=O)N=NC(=O)OCCC. The van der Waals surface area contributed by atoms with E-state index in [4.69, 9.17) is 4.74 Å². The van der Waals surface area contributed by atoms with Crippen LogP contribution in [0.3, 0.4) is 0 Å². The molecule has 0 fully saturated rings. The first-order chi connectivity index (χ1) is 9.20. The van der Waals surface area contributed by atoms with E-state index in [1.807, 2.05) is 6.92 Å². The summed E-state index contributed by atoms with van der Waals surface area (Å²) in [6.45, 7) is 4.61. The molecule has 0 bridgehead atoms. The lowest BCUT2D eigenvalue weighted by atomic mass is 10.1. The lowest BCUT2D eigenvalue weighted by molar-refractivity contribution is 0.145. The molecule has 110 valence electrons. The molecular formula is C13H24N2O4. The largest absolute Gasteiger partial charge is 0.452 e. The lowest BCUT2D eigenvalue weighted by Gasteiger charge is -2.01. The summed E-state index contributed by atoms with van der Waals surface area (Å²) >= 11 is 0. The number of rotatable bonds is 9. The van der Waals surface area contributed by atoms with Gasteiger partial charge < -0.3 is 9.47 Å². The molecule has 0 atom stereocenters. The van der Waals surface area contributed by atoms with Crippen LogP contribution in [0, 0.1) is 0 Å². The molecule has 0 spiro atoms. The van der Waals surface area contributed by atoms with Crippen molar-refractivity contribution >= 4 is 12.2 Å². The van der Waals surface area contributed by atoms with Gasteiger partial charge in [0.25, 0.3) is 0 Å². The third-order valence-corrected chi connectivity index (χ3v) is 2.37. The van der Waals surface area contributed by atoms with Crippen molar-refractivity contribution in [2.75, 3.05) is 13.2 Å². The molecule has 0 radical (unpaired) electrons. The summed E-state index contributed by atoms with van der Waals surface area (Å²) in [4.78, 5) is 22.0. The predicted molar refractivity (Wildman–Crippen MR) is 71.2 cm³/mol. The molecule has 0 saturated heterocycles. The molecule has 0 aliphatic rings. The Bertz CT molecular complexity index is 280. The molecule has 0 saturated carbocycles. The first kappa shape index (κ1) is 17.5. The maximum absolute atomic E-state index is 11.1. The molecule has 0 aliphatic heterocycles. The van der Waals surface area contributed by atoms with E-state index in [9.17, 15) is 9.59 Å². The fraction of sp³-hybridized carbons (Fsp3) is 0.846. The molecule has 0 rings (SSSR count). The molecular weight excluding hydrogens is 248 g/mol. The Balaban J connectivity index is 3.48. The summed E-state index contributed by atoms with van der Waals surface area (Å²) in [6.07, 6.45) is 5.65. The number of hydrogen-bond acceptors (Lipinski definition) is 4. The molecule has 0 unspecified atom stereocenters. The Kier molecular flexibility index (Phi) is 12.0. The maximum Gasteiger partial charge on any atom is 0.452 e. The molecule has 6 nitrogen and oxygen atoms in total. The molecule has 2 amide bonds. The summed E-state index contributed by atoms with van der Waals surface area (Å²) in [6, 6.07) is 0. The van der Waals surface area contributed by atoms with Gasteiger partial charge in [-0.2, -0.15) is 0 Å². The molecule has 0 aromatic rings. The van der Waals surface area contributed by atoms with Crippen LogP contribution in [-0.4, -0.2) is 25.4 Å². The highest BCUT2D eigenvalue weighted by atomic mass is 16.6. The van der Waals surface area contributed by atoms with Gasteiger partial charge >= 0.3 is 12.2 Å². The fourth-order valence-electron chi connectivity index (χ4n) is 1.37. The molecule has 6 heteroatoms. The summed E-state index contributed by atoms with van der Waals surface area (Å²) in [5.41, 5.74) is 0. The Morgan fingerprint density at radius 2 is 1.26 bits per heavy atom. The topological polar surface area (TPSA) is 77.3 Å². The minimum Gasteiger partial charge on any atom is -0.447 e. The van der Waals surface area contributed by atoms with Gasteiger partial charge in [0.1, 0.15) is 0 Å². The van der Waals surface area contributed by atoms with E-state index in [1.165, 1.54) is 19.3 Å². The molecule has 0 heterocycles. The highest BCUT2D eigenvalue weighted by Crippen LogP contribution is 2.05. The summed E-state index contributed by atoms with van der Waals surface area (Å²) in [5, 5.41) is 6.20. The van der Waals surface area contributed by atoms with Crippen molar-refractivity contribution in [2.45, 2.75) is 58.8 Å². The standard InChI is InChI=1S/C13H24N2O4/c1-3-5-6-7-8-9-11-19-13(17)15-14-12(16)18-10-4-2/h3-11H2,1-2H3. The Morgan fingerprint density at radius 1 is 0.737 bits per heavy atom. The van der Waals surface area contributed by atoms with Gasteiger partial charge in [-0.15, -0.1) is 0 Å². The number of carbonyl (C=O) groups is 2. The van der Waals surface area contributed by atoms with E-state index in [2.05, 4.69) is 21.9 Å². The second-order valence-corrected chi connectivity index (χ2v) is 4.20. The Labute approximate surface area is 114 Å². The van der Waals surface area contributed by atoms with Crippen LogP contribution in [0.5, 0.6) is 0 Å². The van der Waals surface area contributed by atoms with Gasteiger partial charge in [0.15, 0.2) is 0 Å². The normalized spacial score (nSPS) is 10.6. The van der Waals surface area contributed by atoms with Gasteiger partial charge in [0.2, 0.25) is 0 Å². The molecule has 0 aromatic carbocycles. The van der Waals surface area contributed by atoms with Gasteiger partial charge in [-0.1, -0.05) is 56.2 Å². The van der Waals surface area contributed by atoms with Crippen molar-refractivity contribution in [3.8, 4) is 0 Å². The second-order valence-electron chi connectivity index (χ2n) is 4.20. The fourth-order valence-corrected chi connectivity index (χ4v) is 1.37. The van der Waals surface area contributed by atoms with Crippen LogP contribution in [0.1, 0.15) is 58.8 Å². The lowest BCUT2D eigenvalue weighted by Crippen LogP contribution is -2.03. The Hall–Kier alpha value is -1.46. The zero-order valence-corrected chi connectivity index (χ0v) is 11.9. The number of carbonyl (C=O) groups excluding carboxylic acids is 2. The van der Waals surface area contributed by atoms with Crippen LogP contribution < -0.4 is 0 Å². The highest BCUT2D eigenvalue weighted by molar-refractivity contribution is 5.73. The first-order valence-electron chi connectivity index (χ1n) is 6.96. The number of azo groups is 1.